The smallest absolute Gasteiger partial charge is 0.410 e. The van der Waals surface area contributed by atoms with Gasteiger partial charge in [0.2, 0.25) is 0 Å². The molecule has 3 rings (SSSR count). The topological polar surface area (TPSA) is 88.2 Å². The van der Waals surface area contributed by atoms with Crippen LogP contribution in [0.3, 0.4) is 0 Å². The lowest BCUT2D eigenvalue weighted by Crippen LogP contribution is -2.41. The molecule has 0 radical (unpaired) electrons. The summed E-state index contributed by atoms with van der Waals surface area (Å²) in [5.41, 5.74) is 2.06. The van der Waals surface area contributed by atoms with Gasteiger partial charge >= 0.3 is 6.09 Å². The van der Waals surface area contributed by atoms with Crippen LogP contribution in [0, 0.1) is 6.92 Å². The van der Waals surface area contributed by atoms with Crippen molar-refractivity contribution in [1.29, 1.82) is 0 Å². The number of amides is 1. The summed E-state index contributed by atoms with van der Waals surface area (Å²) >= 11 is 0. The molecule has 7 nitrogen and oxygen atoms in total. The van der Waals surface area contributed by atoms with Crippen LogP contribution < -0.4 is 5.56 Å². The van der Waals surface area contributed by atoms with Crippen LogP contribution in [0.1, 0.15) is 64.6 Å². The van der Waals surface area contributed by atoms with Gasteiger partial charge in [-0.15, -0.1) is 0 Å². The largest absolute Gasteiger partial charge is 0.444 e. The normalized spacial score (nSPS) is 15.3. The van der Waals surface area contributed by atoms with E-state index in [1.54, 1.807) is 11.1 Å². The van der Waals surface area contributed by atoms with Gasteiger partial charge in [-0.05, 0) is 52.5 Å². The predicted octanol–water partition coefficient (Wildman–Crippen LogP) is 3.77. The molecular formula is C20H30N4O3. The summed E-state index contributed by atoms with van der Waals surface area (Å²) in [4.78, 5) is 37.8. The van der Waals surface area contributed by atoms with E-state index in [1.807, 2.05) is 47.6 Å². The number of nitrogens with one attached hydrogen (secondary N) is 1. The summed E-state index contributed by atoms with van der Waals surface area (Å²) in [6, 6.07) is 1.83. The van der Waals surface area contributed by atoms with Gasteiger partial charge in [-0.1, -0.05) is 13.8 Å². The number of likely N-dealkylation sites (tertiary alicyclic amines) is 1. The van der Waals surface area contributed by atoms with Crippen molar-refractivity contribution >= 4 is 17.3 Å². The van der Waals surface area contributed by atoms with Crippen LogP contribution in [0.15, 0.2) is 17.1 Å². The van der Waals surface area contributed by atoms with Crippen molar-refractivity contribution in [1.82, 2.24) is 19.9 Å². The maximum absolute atomic E-state index is 12.4. The van der Waals surface area contributed by atoms with Crippen molar-refractivity contribution in [3.63, 3.8) is 0 Å². The molecule has 0 aliphatic carbocycles. The minimum absolute atomic E-state index is 0.106. The lowest BCUT2D eigenvalue weighted by atomic mass is 9.90. The second kappa shape index (κ2) is 8.50. The number of aryl methyl sites for hydroxylation is 1. The molecule has 1 N–H and O–H groups in total. The number of hydrogen-bond acceptors (Lipinski definition) is 5. The third-order valence-electron chi connectivity index (χ3n) is 4.29. The van der Waals surface area contributed by atoms with Crippen molar-refractivity contribution < 1.29 is 9.53 Å². The number of nitrogens with zero attached hydrogens (tertiary/aromatic N) is 3. The summed E-state index contributed by atoms with van der Waals surface area (Å²) in [5.74, 6) is 0.106. The average Bonchev–Trinajstić information content (AvgIpc) is 2.61. The van der Waals surface area contributed by atoms with Crippen molar-refractivity contribution in [2.45, 2.75) is 65.9 Å². The standard InChI is InChI=1S/C18H24N4O3.C2H6/c1-11-10-19-14-9-13(16(23)21-15(14)20-11)12-5-7-22(8-6-12)17(24)25-18(2,3)4;1-2/h9-10,12H,5-8H2,1-4H3,(H,20,21,23);1-2H3. The lowest BCUT2D eigenvalue weighted by Gasteiger charge is -2.33. The Hall–Kier alpha value is -2.44. The molecule has 0 aromatic carbocycles. The third-order valence-corrected chi connectivity index (χ3v) is 4.29. The number of rotatable bonds is 1. The number of carbonyl (C=O) groups is 1. The van der Waals surface area contributed by atoms with Gasteiger partial charge in [-0.2, -0.15) is 0 Å². The number of H-pyrrole nitrogens is 1. The monoisotopic (exact) mass is 374 g/mol. The Bertz CT molecular complexity index is 846. The second-order valence-electron chi connectivity index (χ2n) is 7.54. The zero-order valence-corrected chi connectivity index (χ0v) is 17.1. The molecule has 7 heteroatoms. The Balaban J connectivity index is 0.00000126. The van der Waals surface area contributed by atoms with Crippen LogP contribution in [0.4, 0.5) is 4.79 Å². The fraction of sp³-hybridized carbons (Fsp3) is 0.600. The highest BCUT2D eigenvalue weighted by Gasteiger charge is 2.28. The van der Waals surface area contributed by atoms with Gasteiger partial charge in [-0.3, -0.25) is 9.78 Å². The Morgan fingerprint density at radius 2 is 1.89 bits per heavy atom. The van der Waals surface area contributed by atoms with E-state index < -0.39 is 5.60 Å². The van der Waals surface area contributed by atoms with Crippen LogP contribution in [0.25, 0.3) is 11.2 Å². The molecule has 0 spiro atoms. The summed E-state index contributed by atoms with van der Waals surface area (Å²) in [6.07, 6.45) is 2.86. The van der Waals surface area contributed by atoms with Crippen LogP contribution in [-0.4, -0.2) is 44.6 Å². The van der Waals surface area contributed by atoms with Crippen LogP contribution in [-0.2, 0) is 4.74 Å². The van der Waals surface area contributed by atoms with E-state index in [2.05, 4.69) is 15.0 Å². The molecule has 1 aliphatic heterocycles. The Kier molecular flexibility index (Phi) is 6.57. The Morgan fingerprint density at radius 1 is 1.26 bits per heavy atom. The molecule has 0 unspecified atom stereocenters. The number of pyridine rings is 1. The average molecular weight is 374 g/mol. The molecule has 0 bridgehead atoms. The third kappa shape index (κ3) is 5.28. The van der Waals surface area contributed by atoms with Gasteiger partial charge in [0.15, 0.2) is 5.65 Å². The number of carbonyl (C=O) groups excluding carboxylic acids is 1. The predicted molar refractivity (Wildman–Crippen MR) is 106 cm³/mol. The van der Waals surface area contributed by atoms with Crippen molar-refractivity contribution in [2.75, 3.05) is 13.1 Å². The van der Waals surface area contributed by atoms with Gasteiger partial charge in [0, 0.05) is 24.8 Å². The highest BCUT2D eigenvalue weighted by atomic mass is 16.6. The first-order chi connectivity index (χ1) is 12.7. The molecule has 2 aromatic heterocycles. The molecule has 0 atom stereocenters. The fourth-order valence-corrected chi connectivity index (χ4v) is 3.08. The van der Waals surface area contributed by atoms with Gasteiger partial charge in [0.05, 0.1) is 5.69 Å². The quantitative estimate of drug-likeness (QED) is 0.821. The summed E-state index contributed by atoms with van der Waals surface area (Å²) in [7, 11) is 0. The SMILES string of the molecule is CC.Cc1cnc2cc(C3CCN(C(=O)OC(C)(C)C)CC3)c(=O)[nH]c2n1. The van der Waals surface area contributed by atoms with E-state index >= 15 is 0 Å². The summed E-state index contributed by atoms with van der Waals surface area (Å²) in [6.45, 7) is 12.6. The van der Waals surface area contributed by atoms with Gasteiger partial charge < -0.3 is 14.6 Å². The van der Waals surface area contributed by atoms with E-state index in [-0.39, 0.29) is 17.6 Å². The van der Waals surface area contributed by atoms with Crippen LogP contribution >= 0.6 is 0 Å². The molecular weight excluding hydrogens is 344 g/mol. The van der Waals surface area contributed by atoms with E-state index in [0.717, 1.165) is 24.1 Å². The molecule has 1 aliphatic rings. The zero-order valence-electron chi connectivity index (χ0n) is 17.1. The highest BCUT2D eigenvalue weighted by Crippen LogP contribution is 2.27. The molecule has 1 amide bonds. The minimum Gasteiger partial charge on any atom is -0.444 e. The van der Waals surface area contributed by atoms with E-state index in [4.69, 9.17) is 4.74 Å². The second-order valence-corrected chi connectivity index (χ2v) is 7.54. The van der Waals surface area contributed by atoms with Crippen LogP contribution in [0.5, 0.6) is 0 Å². The molecule has 27 heavy (non-hydrogen) atoms. The van der Waals surface area contributed by atoms with E-state index in [1.165, 1.54) is 0 Å². The van der Waals surface area contributed by atoms with E-state index in [9.17, 15) is 9.59 Å². The van der Waals surface area contributed by atoms with Crippen molar-refractivity contribution in [3.8, 4) is 0 Å². The van der Waals surface area contributed by atoms with Crippen molar-refractivity contribution in [2.24, 2.45) is 0 Å². The molecule has 148 valence electrons. The molecule has 2 aromatic rings. The summed E-state index contributed by atoms with van der Waals surface area (Å²) in [5, 5.41) is 0. The summed E-state index contributed by atoms with van der Waals surface area (Å²) < 4.78 is 5.41. The number of ether oxygens (including phenoxy) is 1. The first-order valence-corrected chi connectivity index (χ1v) is 9.57. The molecule has 0 saturated carbocycles. The number of fused-ring (bicyclic) bond motifs is 1. The fourth-order valence-electron chi connectivity index (χ4n) is 3.08. The number of piperidine rings is 1. The first-order valence-electron chi connectivity index (χ1n) is 9.57. The number of aromatic amines is 1. The Labute approximate surface area is 160 Å². The molecule has 3 heterocycles. The van der Waals surface area contributed by atoms with Crippen LogP contribution in [0.2, 0.25) is 0 Å². The highest BCUT2D eigenvalue weighted by molar-refractivity contribution is 5.70. The molecule has 1 fully saturated rings. The lowest BCUT2D eigenvalue weighted by molar-refractivity contribution is 0.0204. The van der Waals surface area contributed by atoms with Gasteiger partial charge in [0.25, 0.3) is 5.56 Å². The number of aromatic nitrogens is 3. The van der Waals surface area contributed by atoms with Gasteiger partial charge in [-0.25, -0.2) is 9.78 Å². The Morgan fingerprint density at radius 3 is 2.48 bits per heavy atom. The zero-order chi connectivity index (χ0) is 20.2. The van der Waals surface area contributed by atoms with Crippen molar-refractivity contribution in [3.05, 3.63) is 33.9 Å². The maximum atomic E-state index is 12.4. The molecule has 1 saturated heterocycles. The number of hydrogen-bond donors (Lipinski definition) is 1. The van der Waals surface area contributed by atoms with Gasteiger partial charge in [0.1, 0.15) is 11.1 Å². The maximum Gasteiger partial charge on any atom is 0.410 e. The van der Waals surface area contributed by atoms with E-state index in [0.29, 0.717) is 24.3 Å². The minimum atomic E-state index is -0.500. The first kappa shape index (κ1) is 20.9.